The van der Waals surface area contributed by atoms with Gasteiger partial charge in [0.05, 0.1) is 0 Å². The van der Waals surface area contributed by atoms with E-state index in [9.17, 15) is 8.42 Å². The minimum Gasteiger partial charge on any atom is -0.313 e. The smallest absolute Gasteiger partial charge is 0.250 e. The molecule has 0 amide bonds. The first-order valence-corrected chi connectivity index (χ1v) is 9.69. The Morgan fingerprint density at radius 1 is 1.19 bits per heavy atom. The summed E-state index contributed by atoms with van der Waals surface area (Å²) in [5.41, 5.74) is 1.90. The van der Waals surface area contributed by atoms with Crippen molar-refractivity contribution in [3.05, 3.63) is 51.3 Å². The van der Waals surface area contributed by atoms with Crippen molar-refractivity contribution in [3.63, 3.8) is 0 Å². The van der Waals surface area contributed by atoms with Crippen LogP contribution in [0.15, 0.2) is 44.4 Å². The fourth-order valence-corrected chi connectivity index (χ4v) is 4.47. The van der Waals surface area contributed by atoms with Crippen molar-refractivity contribution in [2.24, 2.45) is 0 Å². The van der Waals surface area contributed by atoms with Crippen LogP contribution in [0.1, 0.15) is 18.1 Å². The molecule has 7 heteroatoms. The maximum Gasteiger partial charge on any atom is 0.250 e. The summed E-state index contributed by atoms with van der Waals surface area (Å²) in [7, 11) is -3.45. The fraction of sp³-hybridized carbons (Fsp3) is 0.286. The highest BCUT2D eigenvalue weighted by Crippen LogP contribution is 2.20. The maximum absolute atomic E-state index is 12.2. The van der Waals surface area contributed by atoms with Crippen molar-refractivity contribution in [3.8, 4) is 0 Å². The van der Waals surface area contributed by atoms with Crippen LogP contribution in [0.2, 0.25) is 0 Å². The van der Waals surface area contributed by atoms with Crippen LogP contribution in [-0.4, -0.2) is 15.0 Å². The Balaban J connectivity index is 2.02. The molecule has 0 saturated carbocycles. The Hall–Kier alpha value is -0.730. The van der Waals surface area contributed by atoms with Crippen LogP contribution < -0.4 is 10.0 Å². The first-order valence-electron chi connectivity index (χ1n) is 6.53. The molecule has 0 radical (unpaired) electrons. The highest BCUT2D eigenvalue weighted by atomic mass is 79.9. The number of hydrogen-bond donors (Lipinski definition) is 2. The standard InChI is InChI=1S/C14H17BrN2O2S2/c1-2-16-8-12-7-14(20-10-12)21(18,19)17-9-11-4-3-5-13(15)6-11/h3-7,10,16-17H,2,8-9H2,1H3. The van der Waals surface area contributed by atoms with E-state index in [1.807, 2.05) is 36.6 Å². The van der Waals surface area contributed by atoms with Crippen molar-refractivity contribution >= 4 is 37.3 Å². The molecular weight excluding hydrogens is 372 g/mol. The largest absolute Gasteiger partial charge is 0.313 e. The van der Waals surface area contributed by atoms with Crippen LogP contribution >= 0.6 is 27.3 Å². The van der Waals surface area contributed by atoms with Crippen LogP contribution in [0.5, 0.6) is 0 Å². The molecule has 0 unspecified atom stereocenters. The summed E-state index contributed by atoms with van der Waals surface area (Å²) in [6.07, 6.45) is 0. The van der Waals surface area contributed by atoms with Gasteiger partial charge in [0.1, 0.15) is 4.21 Å². The van der Waals surface area contributed by atoms with Gasteiger partial charge in [-0.05, 0) is 41.3 Å². The predicted molar refractivity (Wildman–Crippen MR) is 89.9 cm³/mol. The van der Waals surface area contributed by atoms with Gasteiger partial charge >= 0.3 is 0 Å². The molecule has 0 aliphatic rings. The lowest BCUT2D eigenvalue weighted by Gasteiger charge is -2.05. The van der Waals surface area contributed by atoms with Crippen LogP contribution in [0.3, 0.4) is 0 Å². The molecule has 1 heterocycles. The predicted octanol–water partition coefficient (Wildman–Crippen LogP) is 3.10. The molecule has 2 aromatic rings. The van der Waals surface area contributed by atoms with E-state index < -0.39 is 10.0 Å². The summed E-state index contributed by atoms with van der Waals surface area (Å²) in [5, 5.41) is 5.05. The van der Waals surface area contributed by atoms with Gasteiger partial charge in [-0.2, -0.15) is 0 Å². The summed E-state index contributed by atoms with van der Waals surface area (Å²) in [4.78, 5) is 0. The zero-order valence-corrected chi connectivity index (χ0v) is 14.8. The lowest BCUT2D eigenvalue weighted by molar-refractivity contribution is 0.583. The minimum atomic E-state index is -3.45. The first kappa shape index (κ1) is 16.6. The van der Waals surface area contributed by atoms with Crippen LogP contribution in [0.25, 0.3) is 0 Å². The molecule has 0 fully saturated rings. The number of sulfonamides is 1. The van der Waals surface area contributed by atoms with Crippen molar-refractivity contribution in [2.45, 2.75) is 24.2 Å². The molecular formula is C14H17BrN2O2S2. The van der Waals surface area contributed by atoms with Crippen molar-refractivity contribution in [2.75, 3.05) is 6.54 Å². The molecule has 2 N–H and O–H groups in total. The summed E-state index contributed by atoms with van der Waals surface area (Å²) in [6.45, 7) is 3.85. The molecule has 1 aromatic heterocycles. The topological polar surface area (TPSA) is 58.2 Å². The SMILES string of the molecule is CCNCc1csc(S(=O)(=O)NCc2cccc(Br)c2)c1. The Bertz CT molecular complexity index is 699. The summed E-state index contributed by atoms with van der Waals surface area (Å²) < 4.78 is 28.4. The minimum absolute atomic E-state index is 0.280. The van der Waals surface area contributed by atoms with E-state index in [2.05, 4.69) is 26.0 Å². The Morgan fingerprint density at radius 3 is 2.71 bits per heavy atom. The van der Waals surface area contributed by atoms with Gasteiger partial charge in [-0.25, -0.2) is 13.1 Å². The molecule has 0 aliphatic carbocycles. The number of thiophene rings is 1. The lowest BCUT2D eigenvalue weighted by atomic mass is 10.2. The molecule has 1 aromatic carbocycles. The van der Waals surface area contributed by atoms with Crippen molar-refractivity contribution in [1.29, 1.82) is 0 Å². The fourth-order valence-electron chi connectivity index (χ4n) is 1.75. The van der Waals surface area contributed by atoms with Crippen molar-refractivity contribution < 1.29 is 8.42 Å². The van der Waals surface area contributed by atoms with Crippen LogP contribution in [-0.2, 0) is 23.1 Å². The van der Waals surface area contributed by atoms with Gasteiger partial charge in [-0.3, -0.25) is 0 Å². The zero-order chi connectivity index (χ0) is 15.3. The van der Waals surface area contributed by atoms with E-state index in [0.717, 1.165) is 22.1 Å². The Kier molecular flexibility index (Phi) is 5.95. The summed E-state index contributed by atoms with van der Waals surface area (Å²) in [6, 6.07) is 9.29. The zero-order valence-electron chi connectivity index (χ0n) is 11.6. The van der Waals surface area contributed by atoms with Gasteiger partial charge in [0.2, 0.25) is 10.0 Å². The summed E-state index contributed by atoms with van der Waals surface area (Å²) in [5.74, 6) is 0. The van der Waals surface area contributed by atoms with Crippen LogP contribution in [0.4, 0.5) is 0 Å². The van der Waals surface area contributed by atoms with Gasteiger partial charge in [0, 0.05) is 17.6 Å². The molecule has 4 nitrogen and oxygen atoms in total. The molecule has 0 spiro atoms. The van der Waals surface area contributed by atoms with Gasteiger partial charge < -0.3 is 5.32 Å². The maximum atomic E-state index is 12.2. The molecule has 0 saturated heterocycles. The molecule has 114 valence electrons. The van der Waals surface area contributed by atoms with Gasteiger partial charge in [-0.15, -0.1) is 11.3 Å². The number of hydrogen-bond acceptors (Lipinski definition) is 4. The molecule has 0 atom stereocenters. The van der Waals surface area contributed by atoms with E-state index in [4.69, 9.17) is 0 Å². The average molecular weight is 389 g/mol. The molecule has 21 heavy (non-hydrogen) atoms. The second-order valence-electron chi connectivity index (χ2n) is 4.51. The first-order chi connectivity index (χ1) is 10.0. The van der Waals surface area contributed by atoms with E-state index in [1.165, 1.54) is 11.3 Å². The van der Waals surface area contributed by atoms with Crippen molar-refractivity contribution in [1.82, 2.24) is 10.0 Å². The third-order valence-electron chi connectivity index (χ3n) is 2.83. The quantitative estimate of drug-likeness (QED) is 0.765. The van der Waals surface area contributed by atoms with Crippen LogP contribution in [0, 0.1) is 0 Å². The third kappa shape index (κ3) is 4.89. The average Bonchev–Trinajstić information content (AvgIpc) is 2.93. The third-order valence-corrected chi connectivity index (χ3v) is 6.21. The highest BCUT2D eigenvalue weighted by molar-refractivity contribution is 9.10. The Labute approximate surface area is 137 Å². The number of benzene rings is 1. The van der Waals surface area contributed by atoms with E-state index in [1.54, 1.807) is 6.07 Å². The highest BCUT2D eigenvalue weighted by Gasteiger charge is 2.16. The van der Waals surface area contributed by atoms with Gasteiger partial charge in [0.15, 0.2) is 0 Å². The normalized spacial score (nSPS) is 11.7. The number of nitrogens with one attached hydrogen (secondary N) is 2. The molecule has 0 bridgehead atoms. The Morgan fingerprint density at radius 2 is 2.00 bits per heavy atom. The van der Waals surface area contributed by atoms with E-state index in [-0.39, 0.29) is 6.54 Å². The monoisotopic (exact) mass is 388 g/mol. The summed E-state index contributed by atoms with van der Waals surface area (Å²) >= 11 is 4.62. The second kappa shape index (κ2) is 7.51. The number of halogens is 1. The lowest BCUT2D eigenvalue weighted by Crippen LogP contribution is -2.22. The number of rotatable bonds is 7. The van der Waals surface area contributed by atoms with E-state index in [0.29, 0.717) is 10.8 Å². The second-order valence-corrected chi connectivity index (χ2v) is 8.33. The van der Waals surface area contributed by atoms with Gasteiger partial charge in [-0.1, -0.05) is 35.0 Å². The van der Waals surface area contributed by atoms with E-state index >= 15 is 0 Å². The molecule has 2 rings (SSSR count). The molecule has 0 aliphatic heterocycles. The van der Waals surface area contributed by atoms with Gasteiger partial charge in [0.25, 0.3) is 0 Å².